The van der Waals surface area contributed by atoms with Gasteiger partial charge in [0.1, 0.15) is 0 Å². The van der Waals surface area contributed by atoms with E-state index in [9.17, 15) is 79.0 Å². The summed E-state index contributed by atoms with van der Waals surface area (Å²) in [6, 6.07) is 33.0. The van der Waals surface area contributed by atoms with Crippen molar-refractivity contribution in [3.05, 3.63) is 203 Å². The second-order valence-corrected chi connectivity index (χ2v) is 21.3. The van der Waals surface area contributed by atoms with Gasteiger partial charge in [-0.2, -0.15) is 79.0 Å². The van der Waals surface area contributed by atoms with Gasteiger partial charge in [0.2, 0.25) is 0 Å². The summed E-state index contributed by atoms with van der Waals surface area (Å²) < 4.78 is 261. The number of hydrogen-bond acceptors (Lipinski definition) is 0. The van der Waals surface area contributed by atoms with Crippen LogP contribution in [0.4, 0.5) is 79.0 Å². The third kappa shape index (κ3) is 8.63. The molecule has 0 spiro atoms. The van der Waals surface area contributed by atoms with E-state index in [1.807, 2.05) is 0 Å². The first-order chi connectivity index (χ1) is 35.0. The molecule has 2 nitrogen and oxygen atoms in total. The first kappa shape index (κ1) is 50.8. The zero-order chi connectivity index (χ0) is 54.0. The highest BCUT2D eigenvalue weighted by Crippen LogP contribution is 2.48. The van der Waals surface area contributed by atoms with Crippen LogP contribution in [0.25, 0.3) is 55.0 Å². The topological polar surface area (TPSA) is 9.86 Å². The summed E-state index contributed by atoms with van der Waals surface area (Å²) in [6.45, 7) is 0. The van der Waals surface area contributed by atoms with Gasteiger partial charge < -0.3 is 9.13 Å². The van der Waals surface area contributed by atoms with E-state index in [-0.39, 0.29) is 34.5 Å². The standard InChI is InChI=1S/C54H28F18N2Si/c55-49(56,57)29-11-21-45-39(23-29)41-25-31(51(61,62)63)27-43(53(67,68)69)47(41)73(45)33-13-17-37(18-14-33)75(35-7-3-1-4-8-35,36-9-5-2-6-10-36)38-19-15-34(16-20-38)74-46-22-12-30(50(58,59)60)24-40(46)42-26-32(52(64,65)66)28-44(48(42)74)54(70,71)72/h1-28H. The minimum absolute atomic E-state index is 0.114. The van der Waals surface area contributed by atoms with Crippen molar-refractivity contribution >= 4 is 72.4 Å². The molecule has 0 atom stereocenters. The summed E-state index contributed by atoms with van der Waals surface area (Å²) >= 11 is 0. The van der Waals surface area contributed by atoms with Gasteiger partial charge in [-0.15, -0.1) is 0 Å². The zero-order valence-corrected chi connectivity index (χ0v) is 38.4. The number of nitrogens with zero attached hydrogens (tertiary/aromatic N) is 2. The normalized spacial score (nSPS) is 13.5. The lowest BCUT2D eigenvalue weighted by Gasteiger charge is -2.34. The molecule has 0 radical (unpaired) electrons. The van der Waals surface area contributed by atoms with Crippen LogP contribution >= 0.6 is 0 Å². The van der Waals surface area contributed by atoms with Crippen LogP contribution in [0.5, 0.6) is 0 Å². The minimum Gasteiger partial charge on any atom is -0.309 e. The van der Waals surface area contributed by atoms with Crippen LogP contribution in [0.15, 0.2) is 170 Å². The van der Waals surface area contributed by atoms with Crippen LogP contribution in [-0.2, 0) is 37.1 Å². The van der Waals surface area contributed by atoms with Gasteiger partial charge in [0.15, 0.2) is 8.07 Å². The Bertz CT molecular complexity index is 3570. The lowest BCUT2D eigenvalue weighted by Crippen LogP contribution is -2.74. The molecule has 0 fully saturated rings. The number of benzene rings is 8. The van der Waals surface area contributed by atoms with E-state index in [0.717, 1.165) is 21.3 Å². The molecule has 21 heteroatoms. The Kier molecular flexibility index (Phi) is 11.6. The molecule has 0 saturated heterocycles. The molecule has 0 aliphatic carbocycles. The molecule has 0 aliphatic rings. The average molecular weight is 1070 g/mol. The molecule has 0 unspecified atom stereocenters. The van der Waals surface area contributed by atoms with Crippen LogP contribution in [0.1, 0.15) is 33.4 Å². The van der Waals surface area contributed by atoms with E-state index in [2.05, 4.69) is 0 Å². The molecule has 2 aromatic heterocycles. The van der Waals surface area contributed by atoms with E-state index >= 15 is 0 Å². The summed E-state index contributed by atoms with van der Waals surface area (Å²) in [5.74, 6) is 0. The summed E-state index contributed by atoms with van der Waals surface area (Å²) in [7, 11) is -3.80. The van der Waals surface area contributed by atoms with E-state index < -0.39 is 111 Å². The summed E-state index contributed by atoms with van der Waals surface area (Å²) in [5.41, 5.74) is -12.3. The van der Waals surface area contributed by atoms with Gasteiger partial charge >= 0.3 is 37.1 Å². The van der Waals surface area contributed by atoms with Crippen LogP contribution in [0, 0.1) is 0 Å². The average Bonchev–Trinajstić information content (AvgIpc) is 3.85. The highest BCUT2D eigenvalue weighted by Gasteiger charge is 2.45. The van der Waals surface area contributed by atoms with Gasteiger partial charge in [-0.1, -0.05) is 84.9 Å². The molecule has 2 heterocycles. The quantitative estimate of drug-likeness (QED) is 0.0892. The fourth-order valence-electron chi connectivity index (χ4n) is 10.0. The van der Waals surface area contributed by atoms with Crippen molar-refractivity contribution in [3.63, 3.8) is 0 Å². The Hall–Kier alpha value is -7.68. The van der Waals surface area contributed by atoms with Gasteiger partial charge in [-0.05, 0) is 106 Å². The second kappa shape index (κ2) is 17.2. The van der Waals surface area contributed by atoms with Crippen molar-refractivity contribution in [1.82, 2.24) is 9.13 Å². The molecule has 10 rings (SSSR count). The highest BCUT2D eigenvalue weighted by atomic mass is 28.3. The molecule has 75 heavy (non-hydrogen) atoms. The lowest BCUT2D eigenvalue weighted by molar-refractivity contribution is -0.143. The maximum Gasteiger partial charge on any atom is 0.418 e. The molecule has 0 amide bonds. The first-order valence-electron chi connectivity index (χ1n) is 22.0. The number of halogens is 18. The molecular weight excluding hydrogens is 1050 g/mol. The number of hydrogen-bond donors (Lipinski definition) is 0. The Morgan fingerprint density at radius 2 is 0.560 bits per heavy atom. The van der Waals surface area contributed by atoms with Crippen molar-refractivity contribution in [3.8, 4) is 11.4 Å². The van der Waals surface area contributed by atoms with Gasteiger partial charge in [-0.25, -0.2) is 0 Å². The number of aromatic nitrogens is 2. The second-order valence-electron chi connectivity index (χ2n) is 17.5. The molecule has 10 aromatic rings. The van der Waals surface area contributed by atoms with Crippen LogP contribution in [0.3, 0.4) is 0 Å². The predicted molar refractivity (Wildman–Crippen MR) is 249 cm³/mol. The smallest absolute Gasteiger partial charge is 0.309 e. The van der Waals surface area contributed by atoms with Crippen molar-refractivity contribution in [2.75, 3.05) is 0 Å². The summed E-state index contributed by atoms with van der Waals surface area (Å²) in [5, 5.41) is -0.440. The monoisotopic (exact) mass is 1070 g/mol. The SMILES string of the molecule is FC(F)(F)c1ccc2c(c1)c1cc(C(F)(F)F)cc(C(F)(F)F)c1n2-c1ccc([Si](c2ccccc2)(c2ccccc2)c2ccc(-n3c4ccc(C(F)(F)F)cc4c4cc(C(F)(F)F)cc(C(F)(F)F)c43)cc2)cc1. The molecular formula is C54H28F18N2Si. The maximum atomic E-state index is 14.9. The molecule has 384 valence electrons. The Balaban J connectivity index is 1.22. The van der Waals surface area contributed by atoms with Gasteiger partial charge in [0.05, 0.1) is 55.4 Å². The van der Waals surface area contributed by atoms with Crippen LogP contribution in [-0.4, -0.2) is 17.2 Å². The molecule has 0 N–H and O–H groups in total. The molecule has 0 bridgehead atoms. The minimum atomic E-state index is -5.46. The molecule has 8 aromatic carbocycles. The fraction of sp³-hybridized carbons (Fsp3) is 0.111. The molecule has 0 saturated carbocycles. The fourth-order valence-corrected chi connectivity index (χ4v) is 14.8. The third-order valence-electron chi connectivity index (χ3n) is 13.2. The van der Waals surface area contributed by atoms with Crippen molar-refractivity contribution in [2.24, 2.45) is 0 Å². The van der Waals surface area contributed by atoms with E-state index in [1.54, 1.807) is 60.7 Å². The number of fused-ring (bicyclic) bond motifs is 6. The van der Waals surface area contributed by atoms with Crippen LogP contribution < -0.4 is 20.7 Å². The Morgan fingerprint density at radius 1 is 0.267 bits per heavy atom. The summed E-state index contributed by atoms with van der Waals surface area (Å²) in [6.07, 6.45) is -31.7. The highest BCUT2D eigenvalue weighted by molar-refractivity contribution is 7.19. The van der Waals surface area contributed by atoms with E-state index in [4.69, 9.17) is 0 Å². The van der Waals surface area contributed by atoms with Crippen molar-refractivity contribution in [2.45, 2.75) is 37.1 Å². The van der Waals surface area contributed by atoms with E-state index in [1.165, 1.54) is 48.5 Å². The summed E-state index contributed by atoms with van der Waals surface area (Å²) in [4.78, 5) is 0. The Morgan fingerprint density at radius 3 is 0.853 bits per heavy atom. The van der Waals surface area contributed by atoms with Gasteiger partial charge in [-0.3, -0.25) is 0 Å². The largest absolute Gasteiger partial charge is 0.418 e. The van der Waals surface area contributed by atoms with Crippen LogP contribution in [0.2, 0.25) is 0 Å². The maximum absolute atomic E-state index is 14.9. The van der Waals surface area contributed by atoms with Crippen molar-refractivity contribution in [1.29, 1.82) is 0 Å². The van der Waals surface area contributed by atoms with E-state index in [0.29, 0.717) is 57.1 Å². The van der Waals surface area contributed by atoms with Gasteiger partial charge in [0.25, 0.3) is 0 Å². The predicted octanol–water partition coefficient (Wildman–Crippen LogP) is 15.4. The third-order valence-corrected chi connectivity index (χ3v) is 18.0. The molecule has 0 aliphatic heterocycles. The number of rotatable bonds is 6. The Labute approximate surface area is 411 Å². The zero-order valence-electron chi connectivity index (χ0n) is 37.4. The van der Waals surface area contributed by atoms with Crippen molar-refractivity contribution < 1.29 is 79.0 Å². The van der Waals surface area contributed by atoms with Gasteiger partial charge in [0, 0.05) is 32.9 Å². The first-order valence-corrected chi connectivity index (χ1v) is 24.0. The lowest BCUT2D eigenvalue weighted by atomic mass is 10.0. The number of alkyl halides is 18.